The average Bonchev–Trinajstić information content (AvgIpc) is 3.18. The summed E-state index contributed by atoms with van der Waals surface area (Å²) in [7, 11) is 3.09. The SMILES string of the molecule is COC(=O)c1ccc(C)c(NC(=O)c2cccc(NC(=O)CSc3nncn3C)c2)c1. The lowest BCUT2D eigenvalue weighted by Crippen LogP contribution is -2.16. The minimum atomic E-state index is -0.487. The monoisotopic (exact) mass is 439 g/mol. The van der Waals surface area contributed by atoms with Gasteiger partial charge in [-0.1, -0.05) is 23.9 Å². The number of carbonyl (C=O) groups is 3. The molecule has 3 aromatic rings. The number of hydrogen-bond acceptors (Lipinski definition) is 7. The van der Waals surface area contributed by atoms with E-state index >= 15 is 0 Å². The molecular formula is C21H21N5O4S. The molecule has 2 N–H and O–H groups in total. The second kappa shape index (κ2) is 9.90. The minimum absolute atomic E-state index is 0.155. The Hall–Kier alpha value is -3.66. The zero-order chi connectivity index (χ0) is 22.4. The predicted octanol–water partition coefficient (Wildman–Crippen LogP) is 2.89. The van der Waals surface area contributed by atoms with Gasteiger partial charge < -0.3 is 19.9 Å². The predicted molar refractivity (Wildman–Crippen MR) is 117 cm³/mol. The highest BCUT2D eigenvalue weighted by molar-refractivity contribution is 7.99. The molecule has 1 aromatic heterocycles. The molecule has 0 saturated heterocycles. The molecule has 0 aliphatic carbocycles. The van der Waals surface area contributed by atoms with Crippen molar-refractivity contribution in [3.8, 4) is 0 Å². The number of ether oxygens (including phenoxy) is 1. The quantitative estimate of drug-likeness (QED) is 0.430. The highest BCUT2D eigenvalue weighted by Crippen LogP contribution is 2.20. The van der Waals surface area contributed by atoms with E-state index in [1.165, 1.54) is 18.9 Å². The van der Waals surface area contributed by atoms with Crippen LogP contribution >= 0.6 is 11.8 Å². The van der Waals surface area contributed by atoms with E-state index < -0.39 is 5.97 Å². The van der Waals surface area contributed by atoms with Crippen LogP contribution in [0.25, 0.3) is 0 Å². The Balaban J connectivity index is 1.65. The fraction of sp³-hybridized carbons (Fsp3) is 0.190. The van der Waals surface area contributed by atoms with E-state index in [0.29, 0.717) is 27.7 Å². The number of amides is 2. The minimum Gasteiger partial charge on any atom is -0.465 e. The van der Waals surface area contributed by atoms with Crippen LogP contribution in [0.2, 0.25) is 0 Å². The number of methoxy groups -OCH3 is 1. The third-order valence-corrected chi connectivity index (χ3v) is 5.35. The maximum atomic E-state index is 12.7. The molecule has 0 saturated carbocycles. The first-order chi connectivity index (χ1) is 14.9. The Bertz CT molecular complexity index is 1130. The van der Waals surface area contributed by atoms with Crippen LogP contribution < -0.4 is 10.6 Å². The average molecular weight is 439 g/mol. The normalized spacial score (nSPS) is 10.4. The second-order valence-corrected chi connectivity index (χ2v) is 7.56. The summed E-state index contributed by atoms with van der Waals surface area (Å²) in [5, 5.41) is 13.9. The van der Waals surface area contributed by atoms with Gasteiger partial charge in [0.25, 0.3) is 5.91 Å². The van der Waals surface area contributed by atoms with Crippen molar-refractivity contribution in [1.82, 2.24) is 14.8 Å². The van der Waals surface area contributed by atoms with E-state index in [1.54, 1.807) is 60.4 Å². The van der Waals surface area contributed by atoms with Crippen LogP contribution in [0.3, 0.4) is 0 Å². The summed E-state index contributed by atoms with van der Waals surface area (Å²) in [6.45, 7) is 1.82. The van der Waals surface area contributed by atoms with Crippen LogP contribution in [-0.4, -0.2) is 45.4 Å². The van der Waals surface area contributed by atoms with Gasteiger partial charge in [0, 0.05) is 24.0 Å². The summed E-state index contributed by atoms with van der Waals surface area (Å²) < 4.78 is 6.44. The van der Waals surface area contributed by atoms with Crippen molar-refractivity contribution in [1.29, 1.82) is 0 Å². The Kier molecular flexibility index (Phi) is 7.03. The van der Waals surface area contributed by atoms with E-state index in [0.717, 1.165) is 5.56 Å². The molecule has 31 heavy (non-hydrogen) atoms. The number of nitrogens with zero attached hydrogens (tertiary/aromatic N) is 3. The number of benzene rings is 2. The summed E-state index contributed by atoms with van der Waals surface area (Å²) >= 11 is 1.26. The molecular weight excluding hydrogens is 418 g/mol. The molecule has 9 nitrogen and oxygen atoms in total. The van der Waals surface area contributed by atoms with Crippen molar-refractivity contribution in [2.24, 2.45) is 7.05 Å². The number of carbonyl (C=O) groups excluding carboxylic acids is 3. The smallest absolute Gasteiger partial charge is 0.337 e. The molecule has 0 aliphatic heterocycles. The number of rotatable bonds is 7. The fourth-order valence-corrected chi connectivity index (χ4v) is 3.35. The molecule has 0 unspecified atom stereocenters. The Morgan fingerprint density at radius 2 is 1.90 bits per heavy atom. The van der Waals surface area contributed by atoms with Crippen molar-refractivity contribution in [3.63, 3.8) is 0 Å². The lowest BCUT2D eigenvalue weighted by atomic mass is 10.1. The molecule has 3 rings (SSSR count). The molecule has 2 amide bonds. The number of nitrogens with one attached hydrogen (secondary N) is 2. The second-order valence-electron chi connectivity index (χ2n) is 6.62. The van der Waals surface area contributed by atoms with Gasteiger partial charge in [-0.3, -0.25) is 9.59 Å². The van der Waals surface area contributed by atoms with Crippen molar-refractivity contribution >= 4 is 40.9 Å². The standard InChI is InChI=1S/C21H21N5O4S/c1-13-7-8-15(20(29)30-3)10-17(13)24-19(28)14-5-4-6-16(9-14)23-18(27)11-31-21-25-22-12-26(21)2/h4-10,12H,11H2,1-3H3,(H,23,27)(H,24,28). The summed E-state index contributed by atoms with van der Waals surface area (Å²) in [4.78, 5) is 36.7. The van der Waals surface area contributed by atoms with Crippen molar-refractivity contribution in [3.05, 3.63) is 65.5 Å². The van der Waals surface area contributed by atoms with E-state index in [-0.39, 0.29) is 17.6 Å². The van der Waals surface area contributed by atoms with Crippen LogP contribution in [0.1, 0.15) is 26.3 Å². The van der Waals surface area contributed by atoms with Gasteiger partial charge in [-0.05, 0) is 42.8 Å². The van der Waals surface area contributed by atoms with Crippen LogP contribution in [0.4, 0.5) is 11.4 Å². The van der Waals surface area contributed by atoms with Crippen molar-refractivity contribution in [2.45, 2.75) is 12.1 Å². The molecule has 0 fully saturated rings. The van der Waals surface area contributed by atoms with Gasteiger partial charge in [0.15, 0.2) is 5.16 Å². The van der Waals surface area contributed by atoms with Crippen molar-refractivity contribution < 1.29 is 19.1 Å². The van der Waals surface area contributed by atoms with Crippen LogP contribution in [0.5, 0.6) is 0 Å². The fourth-order valence-electron chi connectivity index (χ4n) is 2.66. The molecule has 10 heteroatoms. The van der Waals surface area contributed by atoms with Gasteiger partial charge in [0.05, 0.1) is 18.4 Å². The summed E-state index contributed by atoms with van der Waals surface area (Å²) in [5.74, 6) is -0.927. The highest BCUT2D eigenvalue weighted by Gasteiger charge is 2.13. The topological polar surface area (TPSA) is 115 Å². The zero-order valence-electron chi connectivity index (χ0n) is 17.2. The van der Waals surface area contributed by atoms with Crippen LogP contribution in [0, 0.1) is 6.92 Å². The van der Waals surface area contributed by atoms with Gasteiger partial charge in [-0.2, -0.15) is 0 Å². The highest BCUT2D eigenvalue weighted by atomic mass is 32.2. The van der Waals surface area contributed by atoms with Gasteiger partial charge in [-0.15, -0.1) is 10.2 Å². The number of anilines is 2. The Morgan fingerprint density at radius 3 is 2.61 bits per heavy atom. The number of esters is 1. The zero-order valence-corrected chi connectivity index (χ0v) is 18.0. The van der Waals surface area contributed by atoms with Gasteiger partial charge in [0.1, 0.15) is 6.33 Å². The molecule has 0 spiro atoms. The lowest BCUT2D eigenvalue weighted by molar-refractivity contribution is -0.113. The largest absolute Gasteiger partial charge is 0.465 e. The van der Waals surface area contributed by atoms with E-state index in [1.807, 2.05) is 6.92 Å². The van der Waals surface area contributed by atoms with Crippen LogP contribution in [0.15, 0.2) is 53.9 Å². The van der Waals surface area contributed by atoms with E-state index in [2.05, 4.69) is 20.8 Å². The Labute approximate surface area is 183 Å². The molecule has 1 heterocycles. The van der Waals surface area contributed by atoms with Crippen LogP contribution in [-0.2, 0) is 16.6 Å². The molecule has 0 atom stereocenters. The summed E-state index contributed by atoms with van der Waals surface area (Å²) in [6, 6.07) is 11.5. The van der Waals surface area contributed by atoms with Gasteiger partial charge >= 0.3 is 5.97 Å². The first-order valence-electron chi connectivity index (χ1n) is 9.24. The molecule has 0 radical (unpaired) electrons. The van der Waals surface area contributed by atoms with Gasteiger partial charge in [0.2, 0.25) is 5.91 Å². The number of aromatic nitrogens is 3. The third kappa shape index (κ3) is 5.70. The number of aryl methyl sites for hydroxylation is 2. The molecule has 0 aliphatic rings. The number of thioether (sulfide) groups is 1. The van der Waals surface area contributed by atoms with E-state index in [4.69, 9.17) is 4.74 Å². The molecule has 160 valence electrons. The van der Waals surface area contributed by atoms with Crippen molar-refractivity contribution in [2.75, 3.05) is 23.5 Å². The summed E-state index contributed by atoms with van der Waals surface area (Å²) in [6.07, 6.45) is 1.56. The Morgan fingerprint density at radius 1 is 1.10 bits per heavy atom. The first kappa shape index (κ1) is 22.0. The maximum Gasteiger partial charge on any atom is 0.337 e. The maximum absolute atomic E-state index is 12.7. The first-order valence-corrected chi connectivity index (χ1v) is 10.2. The summed E-state index contributed by atoms with van der Waals surface area (Å²) in [5.41, 5.74) is 2.50. The lowest BCUT2D eigenvalue weighted by Gasteiger charge is -2.11. The molecule has 0 bridgehead atoms. The van der Waals surface area contributed by atoms with Gasteiger partial charge in [-0.25, -0.2) is 4.79 Å². The number of hydrogen-bond donors (Lipinski definition) is 2. The van der Waals surface area contributed by atoms with E-state index in [9.17, 15) is 14.4 Å². The third-order valence-electron chi connectivity index (χ3n) is 4.32. The molecule has 2 aromatic carbocycles.